The van der Waals surface area contributed by atoms with Gasteiger partial charge in [0, 0.05) is 12.1 Å². The summed E-state index contributed by atoms with van der Waals surface area (Å²) >= 11 is 0. The topological polar surface area (TPSA) is 41.1 Å². The molecule has 0 spiro atoms. The maximum atomic E-state index is 13.5. The molecule has 0 fully saturated rings. The van der Waals surface area contributed by atoms with E-state index in [1.54, 1.807) is 24.3 Å². The minimum Gasteiger partial charge on any atom is -0.319 e. The number of hydrogen-bond donors (Lipinski definition) is 2. The highest BCUT2D eigenvalue weighted by atomic mass is 19.1. The van der Waals surface area contributed by atoms with Gasteiger partial charge in [-0.1, -0.05) is 18.2 Å². The molecular formula is C16H15FN2O. The van der Waals surface area contributed by atoms with E-state index in [9.17, 15) is 9.18 Å². The third-order valence-corrected chi connectivity index (χ3v) is 3.48. The van der Waals surface area contributed by atoms with Crippen LogP contribution in [0.4, 0.5) is 10.1 Å². The Labute approximate surface area is 116 Å². The molecule has 102 valence electrons. The first-order chi connectivity index (χ1) is 9.74. The van der Waals surface area contributed by atoms with Crippen molar-refractivity contribution in [1.29, 1.82) is 0 Å². The normalized spacial score (nSPS) is 13.7. The molecular weight excluding hydrogens is 255 g/mol. The molecule has 2 aromatic rings. The Morgan fingerprint density at radius 3 is 2.85 bits per heavy atom. The van der Waals surface area contributed by atoms with Crippen molar-refractivity contribution in [3.63, 3.8) is 0 Å². The number of carbonyl (C=O) groups is 1. The zero-order valence-corrected chi connectivity index (χ0v) is 10.9. The summed E-state index contributed by atoms with van der Waals surface area (Å²) in [5.74, 6) is -0.709. The van der Waals surface area contributed by atoms with Gasteiger partial charge in [-0.15, -0.1) is 0 Å². The number of carbonyl (C=O) groups excluding carboxylic acids is 1. The molecule has 0 atom stereocenters. The number of anilines is 1. The summed E-state index contributed by atoms with van der Waals surface area (Å²) in [5.41, 5.74) is 3.18. The zero-order chi connectivity index (χ0) is 13.9. The third kappa shape index (κ3) is 2.56. The lowest BCUT2D eigenvalue weighted by molar-refractivity contribution is 0.102. The van der Waals surface area contributed by atoms with E-state index in [-0.39, 0.29) is 11.6 Å². The molecule has 0 radical (unpaired) electrons. The molecule has 0 aromatic heterocycles. The summed E-state index contributed by atoms with van der Waals surface area (Å²) < 4.78 is 13.5. The summed E-state index contributed by atoms with van der Waals surface area (Å²) in [6.07, 6.45) is 0.913. The molecule has 1 amide bonds. The van der Waals surface area contributed by atoms with Gasteiger partial charge in [-0.05, 0) is 48.4 Å². The molecule has 0 aliphatic carbocycles. The second-order valence-electron chi connectivity index (χ2n) is 4.84. The smallest absolute Gasteiger partial charge is 0.255 e. The summed E-state index contributed by atoms with van der Waals surface area (Å²) in [6.45, 7) is 1.76. The van der Waals surface area contributed by atoms with Crippen LogP contribution in [0.5, 0.6) is 0 Å². The van der Waals surface area contributed by atoms with E-state index in [1.165, 1.54) is 17.2 Å². The first-order valence-corrected chi connectivity index (χ1v) is 6.62. The van der Waals surface area contributed by atoms with Gasteiger partial charge in [-0.25, -0.2) is 4.39 Å². The van der Waals surface area contributed by atoms with Crippen LogP contribution in [0, 0.1) is 5.82 Å². The van der Waals surface area contributed by atoms with E-state index in [4.69, 9.17) is 0 Å². The Hall–Kier alpha value is -2.20. The Morgan fingerprint density at radius 2 is 2.00 bits per heavy atom. The summed E-state index contributed by atoms with van der Waals surface area (Å²) in [6, 6.07) is 11.8. The minimum absolute atomic E-state index is 0.205. The van der Waals surface area contributed by atoms with Crippen LogP contribution in [-0.2, 0) is 13.0 Å². The molecule has 3 rings (SSSR count). The molecule has 3 nitrogen and oxygen atoms in total. The average Bonchev–Trinajstić information content (AvgIpc) is 2.49. The molecule has 0 unspecified atom stereocenters. The van der Waals surface area contributed by atoms with Crippen LogP contribution in [-0.4, -0.2) is 12.5 Å². The summed E-state index contributed by atoms with van der Waals surface area (Å²) in [5, 5.41) is 5.89. The van der Waals surface area contributed by atoms with Crippen LogP contribution in [0.25, 0.3) is 0 Å². The number of benzene rings is 2. The van der Waals surface area contributed by atoms with Gasteiger partial charge in [0.25, 0.3) is 5.91 Å². The fraction of sp³-hybridized carbons (Fsp3) is 0.188. The number of rotatable bonds is 2. The van der Waals surface area contributed by atoms with Gasteiger partial charge in [0.2, 0.25) is 0 Å². The second kappa shape index (κ2) is 5.43. The van der Waals surface area contributed by atoms with Crippen LogP contribution >= 0.6 is 0 Å². The van der Waals surface area contributed by atoms with E-state index in [2.05, 4.69) is 10.6 Å². The molecule has 2 N–H and O–H groups in total. The van der Waals surface area contributed by atoms with Crippen molar-refractivity contribution in [2.24, 2.45) is 0 Å². The number of fused-ring (bicyclic) bond motifs is 1. The molecule has 2 aromatic carbocycles. The van der Waals surface area contributed by atoms with Gasteiger partial charge in [0.15, 0.2) is 0 Å². The maximum Gasteiger partial charge on any atom is 0.255 e. The van der Waals surface area contributed by atoms with E-state index >= 15 is 0 Å². The van der Waals surface area contributed by atoms with Gasteiger partial charge in [-0.2, -0.15) is 0 Å². The van der Waals surface area contributed by atoms with Crippen molar-refractivity contribution in [3.05, 3.63) is 65.0 Å². The van der Waals surface area contributed by atoms with Crippen LogP contribution in [0.15, 0.2) is 42.5 Å². The molecule has 0 bridgehead atoms. The van der Waals surface area contributed by atoms with Crippen LogP contribution < -0.4 is 10.6 Å². The minimum atomic E-state index is -0.428. The van der Waals surface area contributed by atoms with E-state index in [1.807, 2.05) is 12.1 Å². The van der Waals surface area contributed by atoms with Gasteiger partial charge >= 0.3 is 0 Å². The Balaban J connectivity index is 1.82. The van der Waals surface area contributed by atoms with Crippen LogP contribution in [0.2, 0.25) is 0 Å². The Kier molecular flexibility index (Phi) is 3.48. The Bertz CT molecular complexity index is 655. The quantitative estimate of drug-likeness (QED) is 0.881. The van der Waals surface area contributed by atoms with E-state index in [0.717, 1.165) is 19.5 Å². The standard InChI is InChI=1S/C16H15FN2O/c17-14-3-1-2-4-15(14)19-16(20)12-5-6-13-10-18-8-7-11(13)9-12/h1-6,9,18H,7-8,10H2,(H,19,20). The van der Waals surface area contributed by atoms with E-state index in [0.29, 0.717) is 5.56 Å². The largest absolute Gasteiger partial charge is 0.319 e. The fourth-order valence-electron chi connectivity index (χ4n) is 2.38. The van der Waals surface area contributed by atoms with Crippen LogP contribution in [0.1, 0.15) is 21.5 Å². The predicted molar refractivity (Wildman–Crippen MR) is 76.2 cm³/mol. The fourth-order valence-corrected chi connectivity index (χ4v) is 2.38. The zero-order valence-electron chi connectivity index (χ0n) is 10.9. The monoisotopic (exact) mass is 270 g/mol. The number of halogens is 1. The van der Waals surface area contributed by atoms with Crippen molar-refractivity contribution < 1.29 is 9.18 Å². The van der Waals surface area contributed by atoms with Crippen molar-refractivity contribution in [2.75, 3.05) is 11.9 Å². The van der Waals surface area contributed by atoms with Gasteiger partial charge < -0.3 is 10.6 Å². The van der Waals surface area contributed by atoms with Crippen molar-refractivity contribution in [3.8, 4) is 0 Å². The van der Waals surface area contributed by atoms with Crippen molar-refractivity contribution in [1.82, 2.24) is 5.32 Å². The van der Waals surface area contributed by atoms with E-state index < -0.39 is 5.82 Å². The third-order valence-electron chi connectivity index (χ3n) is 3.48. The molecule has 0 saturated carbocycles. The number of para-hydroxylation sites is 1. The molecule has 1 aliphatic heterocycles. The molecule has 1 aliphatic rings. The highest BCUT2D eigenvalue weighted by Crippen LogP contribution is 2.18. The predicted octanol–water partition coefficient (Wildman–Crippen LogP) is 2.72. The van der Waals surface area contributed by atoms with Gasteiger partial charge in [-0.3, -0.25) is 4.79 Å². The molecule has 4 heteroatoms. The SMILES string of the molecule is O=C(Nc1ccccc1F)c1ccc2c(c1)CCNC2. The lowest BCUT2D eigenvalue weighted by Gasteiger charge is -2.17. The summed E-state index contributed by atoms with van der Waals surface area (Å²) in [4.78, 5) is 12.2. The first-order valence-electron chi connectivity index (χ1n) is 6.62. The lowest BCUT2D eigenvalue weighted by Crippen LogP contribution is -2.24. The average molecular weight is 270 g/mol. The Morgan fingerprint density at radius 1 is 1.15 bits per heavy atom. The van der Waals surface area contributed by atoms with Crippen molar-refractivity contribution >= 4 is 11.6 Å². The number of hydrogen-bond acceptors (Lipinski definition) is 2. The molecule has 0 saturated heterocycles. The van der Waals surface area contributed by atoms with Gasteiger partial charge in [0.05, 0.1) is 5.69 Å². The molecule has 1 heterocycles. The van der Waals surface area contributed by atoms with Crippen molar-refractivity contribution in [2.45, 2.75) is 13.0 Å². The molecule has 20 heavy (non-hydrogen) atoms. The highest BCUT2D eigenvalue weighted by molar-refractivity contribution is 6.04. The number of nitrogens with one attached hydrogen (secondary N) is 2. The van der Waals surface area contributed by atoms with Crippen LogP contribution in [0.3, 0.4) is 0 Å². The summed E-state index contributed by atoms with van der Waals surface area (Å²) in [7, 11) is 0. The maximum absolute atomic E-state index is 13.5. The van der Waals surface area contributed by atoms with Gasteiger partial charge in [0.1, 0.15) is 5.82 Å². The second-order valence-corrected chi connectivity index (χ2v) is 4.84. The lowest BCUT2D eigenvalue weighted by atomic mass is 9.98. The highest BCUT2D eigenvalue weighted by Gasteiger charge is 2.13. The first kappa shape index (κ1) is 12.8. The number of amides is 1.